The lowest BCUT2D eigenvalue weighted by atomic mass is 9.78. The predicted octanol–water partition coefficient (Wildman–Crippen LogP) is 11.9. The molecule has 212 valence electrons. The molecule has 0 saturated heterocycles. The highest BCUT2D eigenvalue weighted by Crippen LogP contribution is 2.70. The van der Waals surface area contributed by atoms with E-state index in [0.717, 1.165) is 19.5 Å². The summed E-state index contributed by atoms with van der Waals surface area (Å²) in [6.07, 6.45) is 0. The fourth-order valence-electron chi connectivity index (χ4n) is 5.88. The van der Waals surface area contributed by atoms with Gasteiger partial charge in [-0.2, -0.15) is 26.3 Å². The van der Waals surface area contributed by atoms with E-state index in [2.05, 4.69) is 0 Å². The van der Waals surface area contributed by atoms with Crippen molar-refractivity contribution in [1.82, 2.24) is 0 Å². The molecular formula is C30H14F6S6. The molecule has 6 aromatic heterocycles. The molecule has 0 unspecified atom stereocenters. The Kier molecular flexibility index (Phi) is 5.82. The lowest BCUT2D eigenvalue weighted by molar-refractivity contribution is -0.254. The maximum Gasteiger partial charge on any atom is 0.380 e. The summed E-state index contributed by atoms with van der Waals surface area (Å²) in [4.78, 5) is 4.78. The van der Waals surface area contributed by atoms with Gasteiger partial charge in [-0.05, 0) is 57.9 Å². The Bertz CT molecular complexity index is 1810. The number of fused-ring (bicyclic) bond motifs is 4. The van der Waals surface area contributed by atoms with Crippen molar-refractivity contribution >= 4 is 79.2 Å². The summed E-state index contributed by atoms with van der Waals surface area (Å²) in [7, 11) is 0. The molecule has 42 heavy (non-hydrogen) atoms. The molecule has 12 heteroatoms. The highest BCUT2D eigenvalue weighted by molar-refractivity contribution is 7.23. The van der Waals surface area contributed by atoms with Crippen LogP contribution < -0.4 is 0 Å². The zero-order chi connectivity index (χ0) is 29.1. The first-order valence-corrected chi connectivity index (χ1v) is 17.6. The first-order valence-electron chi connectivity index (χ1n) is 12.4. The average Bonchev–Trinajstić information content (AvgIpc) is 3.79. The van der Waals surface area contributed by atoms with Gasteiger partial charge in [0.05, 0.1) is 0 Å². The minimum absolute atomic E-state index is 0.247. The zero-order valence-electron chi connectivity index (χ0n) is 20.8. The van der Waals surface area contributed by atoms with Gasteiger partial charge in [0.25, 0.3) is 0 Å². The van der Waals surface area contributed by atoms with Crippen LogP contribution in [0.5, 0.6) is 0 Å². The zero-order valence-corrected chi connectivity index (χ0v) is 25.7. The van der Waals surface area contributed by atoms with Crippen molar-refractivity contribution in [3.8, 4) is 19.5 Å². The van der Waals surface area contributed by atoms with E-state index in [0.29, 0.717) is 19.5 Å². The SMILES string of the molecule is FC1(F)C2=C(c3cc(-c4cccs4)sc3C(c3cccs3)(c3cccs3)c3sc(-c4cccs4)cc32)C(F)(F)C1(F)F. The molecular weight excluding hydrogens is 667 g/mol. The normalized spacial score (nSPS) is 19.4. The first-order chi connectivity index (χ1) is 20.1. The summed E-state index contributed by atoms with van der Waals surface area (Å²) in [6, 6.07) is 17.5. The Morgan fingerprint density at radius 3 is 1.24 bits per heavy atom. The number of alkyl halides is 6. The van der Waals surface area contributed by atoms with E-state index in [1.165, 1.54) is 80.2 Å². The second kappa shape index (κ2) is 9.02. The molecule has 0 atom stereocenters. The Labute approximate surface area is 259 Å². The summed E-state index contributed by atoms with van der Waals surface area (Å²) in [6.45, 7) is 0. The van der Waals surface area contributed by atoms with E-state index < -0.39 is 34.3 Å². The van der Waals surface area contributed by atoms with Gasteiger partial charge in [0.2, 0.25) is 0 Å². The van der Waals surface area contributed by atoms with Crippen LogP contribution in [0.15, 0.2) is 82.2 Å². The Balaban J connectivity index is 1.60. The van der Waals surface area contributed by atoms with E-state index in [9.17, 15) is 0 Å². The van der Waals surface area contributed by atoms with E-state index in [4.69, 9.17) is 0 Å². The molecule has 8 rings (SSSR count). The number of halogens is 6. The standard InChI is InChI=1S/C30H14F6S6/c31-28(32)23-15-13-19(17-5-1-9-37-17)41-25(15)27(21-7-3-11-39-21,22-8-4-12-40-22)26-16(24(23)29(33,34)30(28,35)36)14-20(42-26)18-6-2-10-38-18/h1-14H. The molecule has 2 aliphatic rings. The Hall–Kier alpha value is -2.48. The van der Waals surface area contributed by atoms with Gasteiger partial charge in [-0.1, -0.05) is 24.3 Å². The van der Waals surface area contributed by atoms with Crippen molar-refractivity contribution in [2.45, 2.75) is 23.2 Å². The van der Waals surface area contributed by atoms with Crippen LogP contribution in [0.2, 0.25) is 0 Å². The fourth-order valence-corrected chi connectivity index (χ4v) is 12.6. The van der Waals surface area contributed by atoms with Crippen LogP contribution in [0, 0.1) is 0 Å². The van der Waals surface area contributed by atoms with E-state index >= 15 is 26.3 Å². The number of hydrogen-bond acceptors (Lipinski definition) is 6. The molecule has 0 spiro atoms. The van der Waals surface area contributed by atoms with Crippen molar-refractivity contribution in [1.29, 1.82) is 0 Å². The summed E-state index contributed by atoms with van der Waals surface area (Å²) in [5.41, 5.74) is -4.32. The molecule has 0 saturated carbocycles. The van der Waals surface area contributed by atoms with E-state index in [1.54, 1.807) is 12.1 Å². The minimum atomic E-state index is -5.61. The van der Waals surface area contributed by atoms with Crippen LogP contribution in [0.25, 0.3) is 30.7 Å². The minimum Gasteiger partial charge on any atom is -0.194 e. The smallest absolute Gasteiger partial charge is 0.194 e. The average molecular weight is 681 g/mol. The Morgan fingerprint density at radius 2 is 0.881 bits per heavy atom. The Morgan fingerprint density at radius 1 is 0.476 bits per heavy atom. The third-order valence-electron chi connectivity index (χ3n) is 7.66. The van der Waals surface area contributed by atoms with Crippen molar-refractivity contribution in [3.05, 3.63) is 113 Å². The molecule has 0 amide bonds. The van der Waals surface area contributed by atoms with Crippen molar-refractivity contribution in [2.75, 3.05) is 0 Å². The van der Waals surface area contributed by atoms with E-state index in [-0.39, 0.29) is 11.1 Å². The maximum absolute atomic E-state index is 16.0. The largest absolute Gasteiger partial charge is 0.380 e. The van der Waals surface area contributed by atoms with Gasteiger partial charge in [0, 0.05) is 61.3 Å². The molecule has 0 N–H and O–H groups in total. The predicted molar refractivity (Wildman–Crippen MR) is 165 cm³/mol. The maximum atomic E-state index is 16.0. The molecule has 0 radical (unpaired) electrons. The molecule has 6 aromatic rings. The summed E-state index contributed by atoms with van der Waals surface area (Å²) in [5.74, 6) is -15.8. The number of allylic oxidation sites excluding steroid dienone is 2. The van der Waals surface area contributed by atoms with E-state index in [1.807, 2.05) is 57.9 Å². The molecule has 6 heterocycles. The molecule has 0 nitrogen and oxygen atoms in total. The molecule has 2 aliphatic carbocycles. The second-order valence-electron chi connectivity index (χ2n) is 9.84. The lowest BCUT2D eigenvalue weighted by Gasteiger charge is -2.34. The number of hydrogen-bond donors (Lipinski definition) is 0. The second-order valence-corrected chi connectivity index (χ2v) is 15.7. The van der Waals surface area contributed by atoms with Crippen LogP contribution in [-0.4, -0.2) is 17.8 Å². The summed E-state index contributed by atoms with van der Waals surface area (Å²) < 4.78 is 94.6. The number of thiophene rings is 6. The van der Waals surface area contributed by atoms with Crippen LogP contribution in [0.4, 0.5) is 26.3 Å². The van der Waals surface area contributed by atoms with Crippen LogP contribution in [0.3, 0.4) is 0 Å². The van der Waals surface area contributed by atoms with Crippen LogP contribution in [-0.2, 0) is 5.41 Å². The van der Waals surface area contributed by atoms with Gasteiger partial charge >= 0.3 is 17.8 Å². The lowest BCUT2D eigenvalue weighted by Crippen LogP contribution is -2.49. The molecule has 0 aliphatic heterocycles. The number of rotatable bonds is 4. The van der Waals surface area contributed by atoms with Crippen molar-refractivity contribution < 1.29 is 26.3 Å². The van der Waals surface area contributed by atoms with Gasteiger partial charge < -0.3 is 0 Å². The highest BCUT2D eigenvalue weighted by Gasteiger charge is 2.81. The summed E-state index contributed by atoms with van der Waals surface area (Å²) >= 11 is 7.93. The van der Waals surface area contributed by atoms with Gasteiger partial charge in [0.15, 0.2) is 0 Å². The van der Waals surface area contributed by atoms with Crippen LogP contribution >= 0.6 is 68.0 Å². The molecule has 0 bridgehead atoms. The molecule has 0 aromatic carbocycles. The van der Waals surface area contributed by atoms with Gasteiger partial charge in [-0.15, -0.1) is 68.0 Å². The van der Waals surface area contributed by atoms with Crippen molar-refractivity contribution in [3.63, 3.8) is 0 Å². The van der Waals surface area contributed by atoms with Crippen LogP contribution in [0.1, 0.15) is 30.6 Å². The highest BCUT2D eigenvalue weighted by atomic mass is 32.1. The quantitative estimate of drug-likeness (QED) is 0.163. The fraction of sp³-hybridized carbons (Fsp3) is 0.133. The monoisotopic (exact) mass is 680 g/mol. The van der Waals surface area contributed by atoms with Gasteiger partial charge in [-0.25, -0.2) is 0 Å². The molecule has 0 fully saturated rings. The van der Waals surface area contributed by atoms with Gasteiger partial charge in [-0.3, -0.25) is 0 Å². The van der Waals surface area contributed by atoms with Crippen molar-refractivity contribution in [2.24, 2.45) is 0 Å². The first kappa shape index (κ1) is 27.1. The third kappa shape index (κ3) is 3.28. The topological polar surface area (TPSA) is 0 Å². The summed E-state index contributed by atoms with van der Waals surface area (Å²) in [5, 5.41) is 7.37. The van der Waals surface area contributed by atoms with Gasteiger partial charge in [0.1, 0.15) is 5.41 Å². The third-order valence-corrected chi connectivity index (χ3v) is 14.3.